The second-order valence-corrected chi connectivity index (χ2v) is 11.4. The third kappa shape index (κ3) is 7.67. The Labute approximate surface area is 253 Å². The molecule has 0 bridgehead atoms. The number of fused-ring (bicyclic) bond motifs is 1. The first-order valence-electron chi connectivity index (χ1n) is 15.3. The SMILES string of the molecule is COc1cc2c(N3CCN(C(=O)Nc4ccc(OC(C)C)cc4)CC3)c(C=O)cnc2cc1OCCCN1CCCCC1. The molecule has 0 atom stereocenters. The van der Waals surface area contributed by atoms with Crippen LogP contribution < -0.4 is 24.4 Å². The lowest BCUT2D eigenvalue weighted by Gasteiger charge is -2.37. The Morgan fingerprint density at radius 1 is 1.00 bits per heavy atom. The van der Waals surface area contributed by atoms with Crippen molar-refractivity contribution in [3.8, 4) is 17.2 Å². The molecule has 10 nitrogen and oxygen atoms in total. The number of aromatic nitrogens is 1. The van der Waals surface area contributed by atoms with Crippen LogP contribution in [0.3, 0.4) is 0 Å². The van der Waals surface area contributed by atoms with Crippen molar-refractivity contribution in [2.75, 3.05) is 69.7 Å². The van der Waals surface area contributed by atoms with Crippen LogP contribution in [-0.4, -0.2) is 92.7 Å². The summed E-state index contributed by atoms with van der Waals surface area (Å²) in [4.78, 5) is 36.1. The van der Waals surface area contributed by atoms with Crippen molar-refractivity contribution in [2.45, 2.75) is 45.6 Å². The summed E-state index contributed by atoms with van der Waals surface area (Å²) in [6, 6.07) is 11.0. The summed E-state index contributed by atoms with van der Waals surface area (Å²) in [5, 5.41) is 3.80. The van der Waals surface area contributed by atoms with Crippen molar-refractivity contribution in [2.24, 2.45) is 0 Å². The number of hydrogen-bond donors (Lipinski definition) is 1. The second-order valence-electron chi connectivity index (χ2n) is 11.4. The minimum absolute atomic E-state index is 0.0876. The normalized spacial score (nSPS) is 15.9. The molecule has 3 aromatic rings. The van der Waals surface area contributed by atoms with E-state index in [-0.39, 0.29) is 12.1 Å². The van der Waals surface area contributed by atoms with E-state index in [9.17, 15) is 9.59 Å². The van der Waals surface area contributed by atoms with E-state index in [0.717, 1.165) is 41.6 Å². The number of nitrogens with one attached hydrogen (secondary N) is 1. The Balaban J connectivity index is 1.24. The summed E-state index contributed by atoms with van der Waals surface area (Å²) < 4.78 is 17.5. The molecular formula is C33H43N5O5. The van der Waals surface area contributed by atoms with Gasteiger partial charge >= 0.3 is 6.03 Å². The van der Waals surface area contributed by atoms with E-state index < -0.39 is 0 Å². The molecule has 1 aromatic heterocycles. The van der Waals surface area contributed by atoms with E-state index in [1.807, 2.05) is 50.2 Å². The zero-order chi connectivity index (χ0) is 30.2. The van der Waals surface area contributed by atoms with E-state index in [0.29, 0.717) is 55.5 Å². The van der Waals surface area contributed by atoms with Crippen molar-refractivity contribution in [3.05, 3.63) is 48.2 Å². The predicted octanol–water partition coefficient (Wildman–Crippen LogP) is 5.45. The molecule has 0 unspecified atom stereocenters. The van der Waals surface area contributed by atoms with Gasteiger partial charge in [-0.3, -0.25) is 9.78 Å². The third-order valence-electron chi connectivity index (χ3n) is 7.97. The number of nitrogens with zero attached hydrogens (tertiary/aromatic N) is 4. The summed E-state index contributed by atoms with van der Waals surface area (Å²) in [6.45, 7) is 10.1. The number of anilines is 2. The fourth-order valence-electron chi connectivity index (χ4n) is 5.79. The molecule has 10 heteroatoms. The Hall–Kier alpha value is -4.05. The number of carbonyl (C=O) groups excluding carboxylic acids is 2. The minimum atomic E-state index is -0.156. The van der Waals surface area contributed by atoms with E-state index in [2.05, 4.69) is 20.1 Å². The number of hydrogen-bond acceptors (Lipinski definition) is 8. The first kappa shape index (κ1) is 30.4. The van der Waals surface area contributed by atoms with Crippen LogP contribution >= 0.6 is 0 Å². The molecule has 0 aliphatic carbocycles. The maximum atomic E-state index is 13.0. The van der Waals surface area contributed by atoms with Crippen molar-refractivity contribution >= 4 is 34.6 Å². The summed E-state index contributed by atoms with van der Waals surface area (Å²) in [5.74, 6) is 2.02. The molecule has 0 saturated carbocycles. The smallest absolute Gasteiger partial charge is 0.321 e. The molecule has 2 aliphatic heterocycles. The molecule has 0 spiro atoms. The monoisotopic (exact) mass is 589 g/mol. The standard InChI is InChI=1S/C33H43N5O5/c1-24(2)43-27-10-8-26(9-11-27)35-33(40)38-17-15-37(16-18-38)32-25(23-39)22-34-29-21-31(30(41-3)20-28(29)32)42-19-7-14-36-12-5-4-6-13-36/h8-11,20-24H,4-7,12-19H2,1-3H3,(H,35,40). The van der Waals surface area contributed by atoms with E-state index in [1.54, 1.807) is 18.2 Å². The molecular weight excluding hydrogens is 546 g/mol. The molecule has 2 amide bonds. The number of piperidine rings is 1. The zero-order valence-corrected chi connectivity index (χ0v) is 25.5. The van der Waals surface area contributed by atoms with Gasteiger partial charge in [0.05, 0.1) is 36.6 Å². The fraction of sp³-hybridized carbons (Fsp3) is 0.485. The van der Waals surface area contributed by atoms with Gasteiger partial charge in [0.25, 0.3) is 0 Å². The molecule has 2 aromatic carbocycles. The quantitative estimate of drug-likeness (QED) is 0.233. The van der Waals surface area contributed by atoms with Crippen molar-refractivity contribution in [3.63, 3.8) is 0 Å². The van der Waals surface area contributed by atoms with Gasteiger partial charge in [-0.05, 0) is 76.5 Å². The van der Waals surface area contributed by atoms with E-state index in [4.69, 9.17) is 14.2 Å². The molecule has 3 heterocycles. The van der Waals surface area contributed by atoms with E-state index >= 15 is 0 Å². The van der Waals surface area contributed by atoms with Crippen molar-refractivity contribution < 1.29 is 23.8 Å². The largest absolute Gasteiger partial charge is 0.493 e. The maximum absolute atomic E-state index is 13.0. The maximum Gasteiger partial charge on any atom is 0.321 e. The van der Waals surface area contributed by atoms with Crippen LogP contribution in [0.25, 0.3) is 10.9 Å². The Morgan fingerprint density at radius 3 is 2.42 bits per heavy atom. The van der Waals surface area contributed by atoms with Gasteiger partial charge < -0.3 is 34.2 Å². The van der Waals surface area contributed by atoms with Crippen LogP contribution in [0.15, 0.2) is 42.6 Å². The van der Waals surface area contributed by atoms with E-state index in [1.165, 1.54) is 32.4 Å². The summed E-state index contributed by atoms with van der Waals surface area (Å²) in [6.07, 6.45) is 7.37. The summed E-state index contributed by atoms with van der Waals surface area (Å²) in [5.41, 5.74) is 2.75. The highest BCUT2D eigenvalue weighted by atomic mass is 16.5. The lowest BCUT2D eigenvalue weighted by Crippen LogP contribution is -2.50. The third-order valence-corrected chi connectivity index (χ3v) is 7.97. The first-order chi connectivity index (χ1) is 20.9. The van der Waals surface area contributed by atoms with Crippen LogP contribution in [0.1, 0.15) is 49.9 Å². The number of aldehydes is 1. The number of methoxy groups -OCH3 is 1. The van der Waals surface area contributed by atoms with Gasteiger partial charge in [0, 0.05) is 56.1 Å². The van der Waals surface area contributed by atoms with Gasteiger partial charge in [-0.1, -0.05) is 6.42 Å². The zero-order valence-electron chi connectivity index (χ0n) is 25.5. The number of amides is 2. The molecule has 43 heavy (non-hydrogen) atoms. The van der Waals surface area contributed by atoms with Crippen molar-refractivity contribution in [1.29, 1.82) is 0 Å². The fourth-order valence-corrected chi connectivity index (χ4v) is 5.79. The van der Waals surface area contributed by atoms with Gasteiger partial charge in [0.1, 0.15) is 5.75 Å². The minimum Gasteiger partial charge on any atom is -0.493 e. The highest BCUT2D eigenvalue weighted by Gasteiger charge is 2.25. The number of likely N-dealkylation sites (tertiary alicyclic amines) is 1. The Morgan fingerprint density at radius 2 is 1.74 bits per heavy atom. The Bertz CT molecular complexity index is 1380. The van der Waals surface area contributed by atoms with Gasteiger partial charge in [0.15, 0.2) is 17.8 Å². The van der Waals surface area contributed by atoms with Crippen LogP contribution in [0.5, 0.6) is 17.2 Å². The second kappa shape index (κ2) is 14.4. The summed E-state index contributed by atoms with van der Waals surface area (Å²) >= 11 is 0. The number of rotatable bonds is 11. The summed E-state index contributed by atoms with van der Waals surface area (Å²) in [7, 11) is 1.63. The molecule has 2 fully saturated rings. The number of ether oxygens (including phenoxy) is 3. The van der Waals surface area contributed by atoms with Crippen LogP contribution in [0, 0.1) is 0 Å². The van der Waals surface area contributed by atoms with Gasteiger partial charge in [-0.15, -0.1) is 0 Å². The predicted molar refractivity (Wildman–Crippen MR) is 169 cm³/mol. The number of pyridine rings is 1. The number of piperazine rings is 1. The average molecular weight is 590 g/mol. The Kier molecular flexibility index (Phi) is 10.2. The molecule has 2 saturated heterocycles. The highest BCUT2D eigenvalue weighted by molar-refractivity contribution is 6.02. The molecule has 0 radical (unpaired) electrons. The van der Waals surface area contributed by atoms with Crippen LogP contribution in [0.4, 0.5) is 16.2 Å². The number of benzene rings is 2. The van der Waals surface area contributed by atoms with Gasteiger partial charge in [-0.2, -0.15) is 0 Å². The first-order valence-corrected chi connectivity index (χ1v) is 15.3. The number of urea groups is 1. The van der Waals surface area contributed by atoms with Gasteiger partial charge in [0.2, 0.25) is 0 Å². The topological polar surface area (TPSA) is 96.5 Å². The average Bonchev–Trinajstić information content (AvgIpc) is 3.03. The number of carbonyl (C=O) groups is 2. The molecule has 2 aliphatic rings. The lowest BCUT2D eigenvalue weighted by atomic mass is 10.1. The van der Waals surface area contributed by atoms with Crippen LogP contribution in [-0.2, 0) is 0 Å². The molecule has 1 N–H and O–H groups in total. The lowest BCUT2D eigenvalue weighted by molar-refractivity contribution is 0.112. The van der Waals surface area contributed by atoms with Gasteiger partial charge in [-0.25, -0.2) is 4.79 Å². The molecule has 230 valence electrons. The van der Waals surface area contributed by atoms with Crippen molar-refractivity contribution in [1.82, 2.24) is 14.8 Å². The molecule has 5 rings (SSSR count). The highest BCUT2D eigenvalue weighted by Crippen LogP contribution is 2.38. The van der Waals surface area contributed by atoms with Crippen LogP contribution in [0.2, 0.25) is 0 Å².